The van der Waals surface area contributed by atoms with Crippen LogP contribution >= 0.6 is 23.2 Å². The number of ether oxygens (including phenoxy) is 4. The van der Waals surface area contributed by atoms with E-state index in [4.69, 9.17) is 42.1 Å². The molecular weight excluding hydrogens is 421 g/mol. The van der Waals surface area contributed by atoms with Crippen LogP contribution in [0.15, 0.2) is 41.0 Å². The molecule has 0 N–H and O–H groups in total. The summed E-state index contributed by atoms with van der Waals surface area (Å²) in [7, 11) is 2.84. The molecule has 29 heavy (non-hydrogen) atoms. The predicted octanol–water partition coefficient (Wildman–Crippen LogP) is 4.28. The van der Waals surface area contributed by atoms with Crippen LogP contribution in [0, 0.1) is 0 Å². The van der Waals surface area contributed by atoms with Gasteiger partial charge in [0, 0.05) is 11.9 Å². The van der Waals surface area contributed by atoms with Gasteiger partial charge in [0.2, 0.25) is 11.6 Å². The molecule has 0 atom stereocenters. The van der Waals surface area contributed by atoms with Crippen LogP contribution in [-0.4, -0.2) is 32.1 Å². The summed E-state index contributed by atoms with van der Waals surface area (Å²) in [6.07, 6.45) is 1.49. The Kier molecular flexibility index (Phi) is 6.10. The molecule has 0 spiro atoms. The van der Waals surface area contributed by atoms with Crippen LogP contribution in [0.2, 0.25) is 10.0 Å². The molecule has 0 saturated heterocycles. The van der Waals surface area contributed by atoms with Crippen LogP contribution in [0.4, 0.5) is 0 Å². The Bertz CT molecular complexity index is 1040. The maximum Gasteiger partial charge on any atom is 0.363 e. The lowest BCUT2D eigenvalue weighted by Crippen LogP contribution is -2.06. The summed E-state index contributed by atoms with van der Waals surface area (Å²) in [4.78, 5) is 27.8. The van der Waals surface area contributed by atoms with E-state index in [0.717, 1.165) is 0 Å². The predicted molar refractivity (Wildman–Crippen MR) is 108 cm³/mol. The molecule has 1 aliphatic heterocycles. The summed E-state index contributed by atoms with van der Waals surface area (Å²) in [6, 6.07) is 7.90. The molecule has 7 nitrogen and oxygen atoms in total. The minimum absolute atomic E-state index is 0.0513. The lowest BCUT2D eigenvalue weighted by atomic mass is 10.1. The normalized spacial score (nSPS) is 14.4. The van der Waals surface area contributed by atoms with Crippen LogP contribution in [0.1, 0.15) is 18.1 Å². The summed E-state index contributed by atoms with van der Waals surface area (Å²) in [5, 5.41) is 0.755. The SMILES string of the molecule is COc1cc(/C=C2\N=C(c3ccc(Cl)cc3Cl)OC2=O)cc(OC)c1OC(C)=O. The van der Waals surface area contributed by atoms with Crippen LogP contribution in [-0.2, 0) is 14.3 Å². The van der Waals surface area contributed by atoms with E-state index in [1.165, 1.54) is 33.3 Å². The molecule has 2 aromatic carbocycles. The van der Waals surface area contributed by atoms with Gasteiger partial charge in [-0.05, 0) is 42.0 Å². The number of cyclic esters (lactones) is 1. The molecule has 3 rings (SSSR count). The fourth-order valence-corrected chi connectivity index (χ4v) is 3.06. The molecule has 0 aromatic heterocycles. The van der Waals surface area contributed by atoms with Crippen molar-refractivity contribution in [1.82, 2.24) is 0 Å². The number of carbonyl (C=O) groups excluding carboxylic acids is 2. The Labute approximate surface area is 176 Å². The second-order valence-corrected chi connectivity index (χ2v) is 6.65. The Morgan fingerprint density at radius 1 is 1.10 bits per heavy atom. The van der Waals surface area contributed by atoms with Gasteiger partial charge in [0.05, 0.1) is 24.8 Å². The second-order valence-electron chi connectivity index (χ2n) is 5.81. The largest absolute Gasteiger partial charge is 0.493 e. The lowest BCUT2D eigenvalue weighted by Gasteiger charge is -2.13. The highest BCUT2D eigenvalue weighted by Gasteiger charge is 2.26. The van der Waals surface area contributed by atoms with E-state index in [1.54, 1.807) is 24.3 Å². The van der Waals surface area contributed by atoms with Gasteiger partial charge in [-0.1, -0.05) is 23.2 Å². The molecule has 0 radical (unpaired) electrons. The minimum Gasteiger partial charge on any atom is -0.493 e. The zero-order chi connectivity index (χ0) is 21.1. The first-order valence-corrected chi connectivity index (χ1v) is 9.00. The molecule has 1 aliphatic rings. The first-order chi connectivity index (χ1) is 13.8. The summed E-state index contributed by atoms with van der Waals surface area (Å²) in [5.41, 5.74) is 1.01. The van der Waals surface area contributed by atoms with Crippen molar-refractivity contribution in [2.75, 3.05) is 14.2 Å². The topological polar surface area (TPSA) is 83.4 Å². The maximum atomic E-state index is 12.3. The number of nitrogens with zero attached hydrogens (tertiary/aromatic N) is 1. The number of hydrogen-bond acceptors (Lipinski definition) is 7. The van der Waals surface area contributed by atoms with Crippen LogP contribution in [0.3, 0.4) is 0 Å². The van der Waals surface area contributed by atoms with Gasteiger partial charge in [-0.25, -0.2) is 9.79 Å². The third-order valence-electron chi connectivity index (χ3n) is 3.81. The summed E-state index contributed by atoms with van der Waals surface area (Å²) < 4.78 is 20.9. The zero-order valence-corrected chi connectivity index (χ0v) is 17.1. The molecule has 0 bridgehead atoms. The molecule has 0 unspecified atom stereocenters. The highest BCUT2D eigenvalue weighted by atomic mass is 35.5. The molecule has 0 fully saturated rings. The molecule has 9 heteroatoms. The number of hydrogen-bond donors (Lipinski definition) is 0. The quantitative estimate of drug-likeness (QED) is 0.395. The number of halogens is 2. The van der Waals surface area contributed by atoms with Gasteiger partial charge in [0.15, 0.2) is 17.2 Å². The van der Waals surface area contributed by atoms with E-state index in [0.29, 0.717) is 21.2 Å². The van der Waals surface area contributed by atoms with E-state index in [-0.39, 0.29) is 28.8 Å². The number of aliphatic imine (C=N–C) groups is 1. The average Bonchev–Trinajstić information content (AvgIpc) is 3.02. The summed E-state index contributed by atoms with van der Waals surface area (Å²) in [5.74, 6) is -0.464. The molecule has 2 aromatic rings. The summed E-state index contributed by atoms with van der Waals surface area (Å²) in [6.45, 7) is 1.27. The van der Waals surface area contributed by atoms with E-state index < -0.39 is 11.9 Å². The molecule has 0 amide bonds. The Balaban J connectivity index is 2.01. The average molecular weight is 436 g/mol. The number of esters is 2. The Morgan fingerprint density at radius 3 is 2.31 bits per heavy atom. The Hall–Kier alpha value is -3.03. The fraction of sp³-hybridized carbons (Fsp3) is 0.150. The second kappa shape index (κ2) is 8.55. The van der Waals surface area contributed by atoms with Crippen molar-refractivity contribution in [1.29, 1.82) is 0 Å². The van der Waals surface area contributed by atoms with Gasteiger partial charge in [0.25, 0.3) is 0 Å². The van der Waals surface area contributed by atoms with Crippen molar-refractivity contribution < 1.29 is 28.5 Å². The van der Waals surface area contributed by atoms with Gasteiger partial charge >= 0.3 is 11.9 Å². The van der Waals surface area contributed by atoms with E-state index in [2.05, 4.69) is 4.99 Å². The van der Waals surface area contributed by atoms with Crippen molar-refractivity contribution in [3.05, 3.63) is 57.2 Å². The fourth-order valence-electron chi connectivity index (χ4n) is 2.57. The van der Waals surface area contributed by atoms with Crippen LogP contribution in [0.5, 0.6) is 17.2 Å². The standard InChI is InChI=1S/C20H15Cl2NO6/c1-10(24)28-18-16(26-2)7-11(8-17(18)27-3)6-15-20(25)29-19(23-15)13-5-4-12(21)9-14(13)22/h4-9H,1-3H3/b15-6-. The number of rotatable bonds is 5. The number of methoxy groups -OCH3 is 2. The van der Waals surface area contributed by atoms with Gasteiger partial charge in [0.1, 0.15) is 0 Å². The molecule has 0 saturated carbocycles. The molecule has 1 heterocycles. The van der Waals surface area contributed by atoms with E-state index >= 15 is 0 Å². The first kappa shape index (κ1) is 20.7. The zero-order valence-electron chi connectivity index (χ0n) is 15.6. The van der Waals surface area contributed by atoms with E-state index in [9.17, 15) is 9.59 Å². The molecular formula is C20H15Cl2NO6. The van der Waals surface area contributed by atoms with Crippen molar-refractivity contribution in [2.24, 2.45) is 4.99 Å². The van der Waals surface area contributed by atoms with Gasteiger partial charge in [-0.2, -0.15) is 0 Å². The maximum absolute atomic E-state index is 12.3. The summed E-state index contributed by atoms with van der Waals surface area (Å²) >= 11 is 12.0. The van der Waals surface area contributed by atoms with Gasteiger partial charge in [-0.3, -0.25) is 4.79 Å². The Morgan fingerprint density at radius 2 is 1.76 bits per heavy atom. The van der Waals surface area contributed by atoms with Crippen LogP contribution in [0.25, 0.3) is 6.08 Å². The number of benzene rings is 2. The monoisotopic (exact) mass is 435 g/mol. The first-order valence-electron chi connectivity index (χ1n) is 8.24. The van der Waals surface area contributed by atoms with Crippen molar-refractivity contribution in [3.8, 4) is 17.2 Å². The van der Waals surface area contributed by atoms with Crippen LogP contribution < -0.4 is 14.2 Å². The number of carbonyl (C=O) groups is 2. The highest BCUT2D eigenvalue weighted by Crippen LogP contribution is 2.39. The third kappa shape index (κ3) is 4.52. The molecule has 0 aliphatic carbocycles. The van der Waals surface area contributed by atoms with Crippen molar-refractivity contribution >= 4 is 47.1 Å². The minimum atomic E-state index is -0.645. The van der Waals surface area contributed by atoms with Crippen molar-refractivity contribution in [2.45, 2.75) is 6.92 Å². The lowest BCUT2D eigenvalue weighted by molar-refractivity contribution is -0.132. The van der Waals surface area contributed by atoms with Crippen molar-refractivity contribution in [3.63, 3.8) is 0 Å². The van der Waals surface area contributed by atoms with Gasteiger partial charge < -0.3 is 18.9 Å². The van der Waals surface area contributed by atoms with E-state index in [1.807, 2.05) is 0 Å². The molecule has 150 valence electrons. The highest BCUT2D eigenvalue weighted by molar-refractivity contribution is 6.37. The van der Waals surface area contributed by atoms with Gasteiger partial charge in [-0.15, -0.1) is 0 Å². The third-order valence-corrected chi connectivity index (χ3v) is 4.36. The smallest absolute Gasteiger partial charge is 0.363 e.